The molecular formula is C22H22Cl2N4O4. The summed E-state index contributed by atoms with van der Waals surface area (Å²) in [6.45, 7) is 0.396. The molecule has 0 aliphatic rings. The minimum atomic E-state index is -0.725. The Morgan fingerprint density at radius 3 is 2.56 bits per heavy atom. The average molecular weight is 477 g/mol. The van der Waals surface area contributed by atoms with Crippen LogP contribution in [0.1, 0.15) is 18.4 Å². The quantitative estimate of drug-likeness (QED) is 0.484. The molecule has 0 saturated carbocycles. The van der Waals surface area contributed by atoms with E-state index < -0.39 is 11.2 Å². The van der Waals surface area contributed by atoms with Crippen LogP contribution < -0.4 is 26.6 Å². The van der Waals surface area contributed by atoms with Crippen molar-refractivity contribution in [3.05, 3.63) is 85.0 Å². The number of carbonyl (C=O) groups excluding carboxylic acids is 1. The maximum absolute atomic E-state index is 12.7. The van der Waals surface area contributed by atoms with Crippen LogP contribution in [0.3, 0.4) is 0 Å². The molecule has 32 heavy (non-hydrogen) atoms. The van der Waals surface area contributed by atoms with Gasteiger partial charge in [-0.2, -0.15) is 0 Å². The Balaban J connectivity index is 1.68. The molecule has 0 saturated heterocycles. The average Bonchev–Trinajstić information content (AvgIpc) is 2.75. The zero-order valence-corrected chi connectivity index (χ0v) is 18.8. The number of nitrogens with one attached hydrogen (secondary N) is 1. The molecule has 0 atom stereocenters. The van der Waals surface area contributed by atoms with Gasteiger partial charge >= 0.3 is 5.69 Å². The van der Waals surface area contributed by atoms with E-state index >= 15 is 0 Å². The molecule has 1 aromatic heterocycles. The molecular weight excluding hydrogens is 455 g/mol. The van der Waals surface area contributed by atoms with Crippen LogP contribution in [0.5, 0.6) is 5.75 Å². The van der Waals surface area contributed by atoms with Crippen molar-refractivity contribution in [2.24, 2.45) is 0 Å². The fourth-order valence-electron chi connectivity index (χ4n) is 3.11. The Kier molecular flexibility index (Phi) is 7.61. The standard InChI is InChI=1S/C22H22Cl2N4O4/c1-27(18(29)8-5-11-32-17-10-9-15(23)12-16(17)24)19-20(25)28(22(31)26-21(19)30)13-14-6-3-2-4-7-14/h2-4,6-7,9-10,12H,5,8,11,13,25H2,1H3,(H,26,30,31). The number of aromatic amines is 1. The number of aromatic nitrogens is 2. The van der Waals surface area contributed by atoms with Crippen molar-refractivity contribution >= 4 is 40.6 Å². The van der Waals surface area contributed by atoms with Gasteiger partial charge in [-0.25, -0.2) is 4.79 Å². The molecule has 0 aliphatic heterocycles. The van der Waals surface area contributed by atoms with E-state index in [9.17, 15) is 14.4 Å². The van der Waals surface area contributed by atoms with E-state index in [0.29, 0.717) is 22.2 Å². The van der Waals surface area contributed by atoms with E-state index in [1.807, 2.05) is 30.3 Å². The number of nitrogens with two attached hydrogens (primary N) is 1. The summed E-state index contributed by atoms with van der Waals surface area (Å²) >= 11 is 11.9. The summed E-state index contributed by atoms with van der Waals surface area (Å²) in [7, 11) is 1.44. The SMILES string of the molecule is CN(C(=O)CCCOc1ccc(Cl)cc1Cl)c1c(N)n(Cc2ccccc2)c(=O)[nH]c1=O. The van der Waals surface area contributed by atoms with Crippen molar-refractivity contribution in [1.29, 1.82) is 0 Å². The largest absolute Gasteiger partial charge is 0.492 e. The van der Waals surface area contributed by atoms with E-state index in [1.165, 1.54) is 11.6 Å². The first-order chi connectivity index (χ1) is 15.3. The molecule has 168 valence electrons. The molecule has 3 aromatic rings. The Hall–Kier alpha value is -3.23. The van der Waals surface area contributed by atoms with Crippen LogP contribution in [0.4, 0.5) is 11.5 Å². The molecule has 3 N–H and O–H groups in total. The van der Waals surface area contributed by atoms with Gasteiger partial charge in [-0.3, -0.25) is 19.1 Å². The Labute approximate surface area is 194 Å². The molecule has 1 heterocycles. The van der Waals surface area contributed by atoms with Crippen LogP contribution in [0.15, 0.2) is 58.1 Å². The lowest BCUT2D eigenvalue weighted by Crippen LogP contribution is -2.39. The first-order valence-electron chi connectivity index (χ1n) is 9.79. The van der Waals surface area contributed by atoms with Crippen LogP contribution in [-0.2, 0) is 11.3 Å². The molecule has 0 spiro atoms. The molecule has 8 nitrogen and oxygen atoms in total. The minimum absolute atomic E-state index is 0.0767. The smallest absolute Gasteiger partial charge is 0.330 e. The number of amides is 1. The number of anilines is 2. The molecule has 0 unspecified atom stereocenters. The molecule has 3 rings (SSSR count). The number of ether oxygens (including phenoxy) is 1. The van der Waals surface area contributed by atoms with Gasteiger partial charge in [-0.15, -0.1) is 0 Å². The number of nitrogens with zero attached hydrogens (tertiary/aromatic N) is 2. The van der Waals surface area contributed by atoms with Crippen molar-refractivity contribution in [2.45, 2.75) is 19.4 Å². The summed E-state index contributed by atoms with van der Waals surface area (Å²) < 4.78 is 6.80. The third-order valence-electron chi connectivity index (χ3n) is 4.79. The first-order valence-corrected chi connectivity index (χ1v) is 10.5. The van der Waals surface area contributed by atoms with Crippen LogP contribution in [0.2, 0.25) is 10.0 Å². The van der Waals surface area contributed by atoms with E-state index in [-0.39, 0.29) is 37.0 Å². The molecule has 2 aromatic carbocycles. The molecule has 10 heteroatoms. The van der Waals surface area contributed by atoms with Crippen molar-refractivity contribution in [3.63, 3.8) is 0 Å². The maximum atomic E-state index is 12.7. The predicted molar refractivity (Wildman–Crippen MR) is 126 cm³/mol. The highest BCUT2D eigenvalue weighted by Gasteiger charge is 2.21. The van der Waals surface area contributed by atoms with Gasteiger partial charge in [-0.1, -0.05) is 53.5 Å². The van der Waals surface area contributed by atoms with Gasteiger partial charge in [0.2, 0.25) is 5.91 Å². The number of H-pyrrole nitrogens is 1. The Morgan fingerprint density at radius 2 is 1.88 bits per heavy atom. The zero-order chi connectivity index (χ0) is 23.3. The second-order valence-corrected chi connectivity index (χ2v) is 7.89. The summed E-state index contributed by atoms with van der Waals surface area (Å²) in [6.07, 6.45) is 0.474. The summed E-state index contributed by atoms with van der Waals surface area (Å²) in [5.41, 5.74) is 5.51. The summed E-state index contributed by atoms with van der Waals surface area (Å²) in [6, 6.07) is 14.0. The van der Waals surface area contributed by atoms with Crippen molar-refractivity contribution in [3.8, 4) is 5.75 Å². The number of carbonyl (C=O) groups is 1. The summed E-state index contributed by atoms with van der Waals surface area (Å²) in [5, 5.41) is 0.872. The third kappa shape index (κ3) is 5.52. The molecule has 0 fully saturated rings. The van der Waals surface area contributed by atoms with Gasteiger partial charge in [0.15, 0.2) is 5.69 Å². The van der Waals surface area contributed by atoms with Gasteiger partial charge in [0.1, 0.15) is 11.6 Å². The van der Waals surface area contributed by atoms with E-state index in [0.717, 1.165) is 10.5 Å². The van der Waals surface area contributed by atoms with Gasteiger partial charge in [0.05, 0.1) is 18.2 Å². The molecule has 1 amide bonds. The van der Waals surface area contributed by atoms with Crippen molar-refractivity contribution in [2.75, 3.05) is 24.3 Å². The number of hydrogen-bond acceptors (Lipinski definition) is 5. The molecule has 0 radical (unpaired) electrons. The van der Waals surface area contributed by atoms with Gasteiger partial charge < -0.3 is 15.4 Å². The number of rotatable bonds is 8. The van der Waals surface area contributed by atoms with Crippen LogP contribution in [0.25, 0.3) is 0 Å². The second-order valence-electron chi connectivity index (χ2n) is 7.04. The van der Waals surface area contributed by atoms with Crippen molar-refractivity contribution < 1.29 is 9.53 Å². The molecule has 0 bridgehead atoms. The number of hydrogen-bond donors (Lipinski definition) is 2. The van der Waals surface area contributed by atoms with Gasteiger partial charge in [0.25, 0.3) is 5.56 Å². The summed E-state index contributed by atoms with van der Waals surface area (Å²) in [4.78, 5) is 40.7. The Bertz CT molecular complexity index is 1220. The topological polar surface area (TPSA) is 110 Å². The fourth-order valence-corrected chi connectivity index (χ4v) is 3.58. The van der Waals surface area contributed by atoms with Gasteiger partial charge in [0, 0.05) is 18.5 Å². The van der Waals surface area contributed by atoms with Crippen LogP contribution >= 0.6 is 23.2 Å². The lowest BCUT2D eigenvalue weighted by molar-refractivity contribution is -0.118. The monoisotopic (exact) mass is 476 g/mol. The highest BCUT2D eigenvalue weighted by molar-refractivity contribution is 6.35. The summed E-state index contributed by atoms with van der Waals surface area (Å²) in [5.74, 6) is 0.0334. The lowest BCUT2D eigenvalue weighted by atomic mass is 10.2. The van der Waals surface area contributed by atoms with Gasteiger partial charge in [-0.05, 0) is 30.2 Å². The first kappa shape index (κ1) is 23.4. The van der Waals surface area contributed by atoms with E-state index in [4.69, 9.17) is 33.7 Å². The zero-order valence-electron chi connectivity index (χ0n) is 17.3. The second kappa shape index (κ2) is 10.4. The molecule has 0 aliphatic carbocycles. The Morgan fingerprint density at radius 1 is 1.16 bits per heavy atom. The minimum Gasteiger partial charge on any atom is -0.492 e. The van der Waals surface area contributed by atoms with Crippen molar-refractivity contribution in [1.82, 2.24) is 9.55 Å². The van der Waals surface area contributed by atoms with Crippen LogP contribution in [-0.4, -0.2) is 29.1 Å². The number of benzene rings is 2. The van der Waals surface area contributed by atoms with E-state index in [2.05, 4.69) is 4.98 Å². The van der Waals surface area contributed by atoms with E-state index in [1.54, 1.807) is 18.2 Å². The number of halogens is 2. The maximum Gasteiger partial charge on any atom is 0.330 e. The van der Waals surface area contributed by atoms with Crippen LogP contribution in [0, 0.1) is 0 Å². The highest BCUT2D eigenvalue weighted by Crippen LogP contribution is 2.27. The third-order valence-corrected chi connectivity index (χ3v) is 5.32. The normalized spacial score (nSPS) is 10.7. The lowest BCUT2D eigenvalue weighted by Gasteiger charge is -2.20. The number of nitrogen functional groups attached to an aromatic ring is 1. The predicted octanol–water partition coefficient (Wildman–Crippen LogP) is 3.30. The highest BCUT2D eigenvalue weighted by atomic mass is 35.5. The fraction of sp³-hybridized carbons (Fsp3) is 0.227.